The summed E-state index contributed by atoms with van der Waals surface area (Å²) in [5, 5.41) is 0. The fourth-order valence-electron chi connectivity index (χ4n) is 3.43. The Labute approximate surface area is 194 Å². The van der Waals surface area contributed by atoms with Gasteiger partial charge in [-0.1, -0.05) is 91.0 Å². The standard InChI is InChI=1S/C29H26O4/c30-17-16-27-28(32-21-24-12-6-2-7-13-24)18-26(31-20-23-10-4-1-5-11-23)19-29(27)33-22-25-14-8-3-9-15-25/h1-15,17-19H,16,20-22H2. The van der Waals surface area contributed by atoms with Crippen LogP contribution in [0.5, 0.6) is 17.2 Å². The maximum absolute atomic E-state index is 11.5. The summed E-state index contributed by atoms with van der Waals surface area (Å²) >= 11 is 0. The Bertz CT molecular complexity index is 1080. The molecule has 0 aromatic heterocycles. The largest absolute Gasteiger partial charge is 0.489 e. The van der Waals surface area contributed by atoms with Crippen LogP contribution in [0.25, 0.3) is 0 Å². The highest BCUT2D eigenvalue weighted by Gasteiger charge is 2.15. The number of aldehydes is 1. The van der Waals surface area contributed by atoms with E-state index in [4.69, 9.17) is 14.2 Å². The molecule has 0 aliphatic carbocycles. The van der Waals surface area contributed by atoms with Gasteiger partial charge in [0.15, 0.2) is 0 Å². The van der Waals surface area contributed by atoms with Gasteiger partial charge >= 0.3 is 0 Å². The quantitative estimate of drug-likeness (QED) is 0.263. The molecule has 0 bridgehead atoms. The number of ether oxygens (including phenoxy) is 3. The molecule has 0 saturated heterocycles. The van der Waals surface area contributed by atoms with E-state index < -0.39 is 0 Å². The van der Waals surface area contributed by atoms with Gasteiger partial charge in [-0.15, -0.1) is 0 Å². The molecule has 0 fully saturated rings. The number of carbonyl (C=O) groups excluding carboxylic acids is 1. The molecule has 166 valence electrons. The molecule has 4 aromatic rings. The minimum atomic E-state index is 0.188. The van der Waals surface area contributed by atoms with Crippen molar-refractivity contribution in [1.29, 1.82) is 0 Å². The van der Waals surface area contributed by atoms with E-state index in [0.717, 1.165) is 23.0 Å². The monoisotopic (exact) mass is 438 g/mol. The van der Waals surface area contributed by atoms with Crippen LogP contribution in [0, 0.1) is 0 Å². The molecule has 0 aliphatic heterocycles. The van der Waals surface area contributed by atoms with Crippen molar-refractivity contribution in [1.82, 2.24) is 0 Å². The molecule has 0 radical (unpaired) electrons. The second-order valence-electron chi connectivity index (χ2n) is 7.59. The molecule has 0 aliphatic rings. The zero-order chi connectivity index (χ0) is 22.7. The summed E-state index contributed by atoms with van der Waals surface area (Å²) in [4.78, 5) is 11.5. The third-order valence-electron chi connectivity index (χ3n) is 5.15. The Morgan fingerprint density at radius 1 is 0.545 bits per heavy atom. The maximum Gasteiger partial charge on any atom is 0.130 e. The van der Waals surface area contributed by atoms with Crippen LogP contribution in [-0.2, 0) is 31.0 Å². The van der Waals surface area contributed by atoms with Crippen LogP contribution < -0.4 is 14.2 Å². The Balaban J connectivity index is 1.60. The first kappa shape index (κ1) is 22.2. The highest BCUT2D eigenvalue weighted by molar-refractivity contribution is 5.63. The van der Waals surface area contributed by atoms with E-state index in [1.165, 1.54) is 0 Å². The average Bonchev–Trinajstić information content (AvgIpc) is 2.88. The van der Waals surface area contributed by atoms with Gasteiger partial charge in [0.25, 0.3) is 0 Å². The van der Waals surface area contributed by atoms with Crippen molar-refractivity contribution in [2.45, 2.75) is 26.2 Å². The molecule has 4 aromatic carbocycles. The van der Waals surface area contributed by atoms with E-state index in [1.807, 2.05) is 103 Å². The first-order valence-electron chi connectivity index (χ1n) is 10.9. The zero-order valence-corrected chi connectivity index (χ0v) is 18.4. The first-order valence-corrected chi connectivity index (χ1v) is 10.9. The Hall–Kier alpha value is -4.05. The van der Waals surface area contributed by atoms with Gasteiger partial charge in [-0.05, 0) is 16.7 Å². The molecule has 0 saturated carbocycles. The second-order valence-corrected chi connectivity index (χ2v) is 7.59. The normalized spacial score (nSPS) is 10.4. The summed E-state index contributed by atoms with van der Waals surface area (Å²) < 4.78 is 18.3. The van der Waals surface area contributed by atoms with Crippen LogP contribution in [0.2, 0.25) is 0 Å². The van der Waals surface area contributed by atoms with Gasteiger partial charge in [-0.3, -0.25) is 0 Å². The molecule has 0 N–H and O–H groups in total. The van der Waals surface area contributed by atoms with E-state index in [9.17, 15) is 4.79 Å². The third kappa shape index (κ3) is 6.47. The van der Waals surface area contributed by atoms with Crippen molar-refractivity contribution >= 4 is 6.29 Å². The maximum atomic E-state index is 11.5. The Kier molecular flexibility index (Phi) is 7.74. The first-order chi connectivity index (χ1) is 16.3. The summed E-state index contributed by atoms with van der Waals surface area (Å²) in [6, 6.07) is 33.5. The Morgan fingerprint density at radius 3 is 1.33 bits per heavy atom. The predicted molar refractivity (Wildman–Crippen MR) is 129 cm³/mol. The summed E-state index contributed by atoms with van der Waals surface area (Å²) in [5.74, 6) is 1.79. The van der Waals surface area contributed by atoms with Crippen LogP contribution >= 0.6 is 0 Å². The fourth-order valence-corrected chi connectivity index (χ4v) is 3.43. The molecular formula is C29H26O4. The van der Waals surface area contributed by atoms with Crippen molar-refractivity contribution in [3.8, 4) is 17.2 Å². The van der Waals surface area contributed by atoms with Gasteiger partial charge in [-0.25, -0.2) is 0 Å². The van der Waals surface area contributed by atoms with Crippen molar-refractivity contribution < 1.29 is 19.0 Å². The van der Waals surface area contributed by atoms with Gasteiger partial charge < -0.3 is 19.0 Å². The fraction of sp³-hybridized carbons (Fsp3) is 0.138. The van der Waals surface area contributed by atoms with E-state index in [0.29, 0.717) is 42.6 Å². The summed E-state index contributed by atoms with van der Waals surface area (Å²) in [6.07, 6.45) is 1.05. The van der Waals surface area contributed by atoms with Crippen molar-refractivity contribution in [2.24, 2.45) is 0 Å². The topological polar surface area (TPSA) is 44.8 Å². The molecular weight excluding hydrogens is 412 g/mol. The van der Waals surface area contributed by atoms with Gasteiger partial charge in [0, 0.05) is 24.1 Å². The Morgan fingerprint density at radius 2 is 0.939 bits per heavy atom. The number of hydrogen-bond donors (Lipinski definition) is 0. The number of rotatable bonds is 11. The number of hydrogen-bond acceptors (Lipinski definition) is 4. The predicted octanol–water partition coefficient (Wildman–Crippen LogP) is 6.17. The molecule has 0 amide bonds. The lowest BCUT2D eigenvalue weighted by atomic mass is 10.1. The van der Waals surface area contributed by atoms with E-state index in [-0.39, 0.29) is 6.42 Å². The van der Waals surface area contributed by atoms with Crippen molar-refractivity contribution in [2.75, 3.05) is 0 Å². The summed E-state index contributed by atoms with van der Waals surface area (Å²) in [6.45, 7) is 1.18. The molecule has 0 spiro atoms. The number of benzene rings is 4. The van der Waals surface area contributed by atoms with Crippen LogP contribution in [-0.4, -0.2) is 6.29 Å². The lowest BCUT2D eigenvalue weighted by molar-refractivity contribution is -0.107. The van der Waals surface area contributed by atoms with E-state index in [1.54, 1.807) is 0 Å². The lowest BCUT2D eigenvalue weighted by Crippen LogP contribution is -2.05. The summed E-state index contributed by atoms with van der Waals surface area (Å²) in [7, 11) is 0. The smallest absolute Gasteiger partial charge is 0.130 e. The molecule has 4 rings (SSSR count). The summed E-state index contributed by atoms with van der Waals surface area (Å²) in [5.41, 5.74) is 3.85. The lowest BCUT2D eigenvalue weighted by Gasteiger charge is -2.18. The van der Waals surface area contributed by atoms with Crippen LogP contribution in [0.4, 0.5) is 0 Å². The number of carbonyl (C=O) groups is 1. The molecule has 0 unspecified atom stereocenters. The second kappa shape index (κ2) is 11.5. The average molecular weight is 439 g/mol. The molecule has 0 heterocycles. The zero-order valence-electron chi connectivity index (χ0n) is 18.4. The molecule has 0 atom stereocenters. The van der Waals surface area contributed by atoms with Crippen molar-refractivity contribution in [3.63, 3.8) is 0 Å². The van der Waals surface area contributed by atoms with Gasteiger partial charge in [0.05, 0.1) is 0 Å². The van der Waals surface area contributed by atoms with Gasteiger partial charge in [-0.2, -0.15) is 0 Å². The minimum Gasteiger partial charge on any atom is -0.489 e. The van der Waals surface area contributed by atoms with Crippen LogP contribution in [0.3, 0.4) is 0 Å². The van der Waals surface area contributed by atoms with Crippen molar-refractivity contribution in [3.05, 3.63) is 125 Å². The van der Waals surface area contributed by atoms with Crippen LogP contribution in [0.15, 0.2) is 103 Å². The highest BCUT2D eigenvalue weighted by atomic mass is 16.5. The van der Waals surface area contributed by atoms with E-state index >= 15 is 0 Å². The van der Waals surface area contributed by atoms with Gasteiger partial charge in [0.2, 0.25) is 0 Å². The van der Waals surface area contributed by atoms with Crippen LogP contribution in [0.1, 0.15) is 22.3 Å². The van der Waals surface area contributed by atoms with E-state index in [2.05, 4.69) is 0 Å². The minimum absolute atomic E-state index is 0.188. The molecule has 4 heteroatoms. The van der Waals surface area contributed by atoms with Gasteiger partial charge in [0.1, 0.15) is 43.4 Å². The molecule has 33 heavy (non-hydrogen) atoms. The highest BCUT2D eigenvalue weighted by Crippen LogP contribution is 2.36. The SMILES string of the molecule is O=CCc1c(OCc2ccccc2)cc(OCc2ccccc2)cc1OCc1ccccc1. The molecule has 4 nitrogen and oxygen atoms in total. The third-order valence-corrected chi connectivity index (χ3v) is 5.15.